The Bertz CT molecular complexity index is 652. The summed E-state index contributed by atoms with van der Waals surface area (Å²) in [7, 11) is 3.66. The Hall–Kier alpha value is -2.14. The minimum absolute atomic E-state index is 0.0216. The van der Waals surface area contributed by atoms with E-state index in [1.807, 2.05) is 19.3 Å². The number of aromatic nitrogens is 2. The molecular formula is C18H24N4O. The molecule has 1 aromatic heterocycles. The van der Waals surface area contributed by atoms with Crippen LogP contribution >= 0.6 is 0 Å². The van der Waals surface area contributed by atoms with E-state index in [1.165, 1.54) is 5.56 Å². The Balaban J connectivity index is 1.71. The van der Waals surface area contributed by atoms with Gasteiger partial charge in [0, 0.05) is 30.8 Å². The molecule has 1 heterocycles. The molecule has 3 rings (SSSR count). The molecule has 0 radical (unpaired) electrons. The summed E-state index contributed by atoms with van der Waals surface area (Å²) in [6, 6.07) is 10.3. The van der Waals surface area contributed by atoms with Gasteiger partial charge < -0.3 is 10.6 Å². The Morgan fingerprint density at radius 2 is 2.09 bits per heavy atom. The van der Waals surface area contributed by atoms with Crippen LogP contribution in [0.15, 0.2) is 42.7 Å². The maximum atomic E-state index is 12.7. The molecular weight excluding hydrogens is 288 g/mol. The van der Waals surface area contributed by atoms with Crippen molar-refractivity contribution < 1.29 is 4.79 Å². The van der Waals surface area contributed by atoms with Crippen molar-refractivity contribution in [2.45, 2.75) is 37.3 Å². The molecule has 1 fully saturated rings. The van der Waals surface area contributed by atoms with E-state index >= 15 is 0 Å². The van der Waals surface area contributed by atoms with Crippen molar-refractivity contribution in [1.82, 2.24) is 20.4 Å². The lowest BCUT2D eigenvalue weighted by atomic mass is 9.94. The lowest BCUT2D eigenvalue weighted by molar-refractivity contribution is -0.124. The highest BCUT2D eigenvalue weighted by Gasteiger charge is 2.31. The number of carbonyl (C=O) groups excluding carboxylic acids is 1. The van der Waals surface area contributed by atoms with Crippen LogP contribution in [-0.4, -0.2) is 28.8 Å². The van der Waals surface area contributed by atoms with Crippen molar-refractivity contribution in [3.8, 4) is 0 Å². The third-order valence-electron chi connectivity index (χ3n) is 4.68. The molecule has 3 atom stereocenters. The van der Waals surface area contributed by atoms with Gasteiger partial charge in [0.25, 0.3) is 0 Å². The predicted molar refractivity (Wildman–Crippen MR) is 90.0 cm³/mol. The van der Waals surface area contributed by atoms with E-state index < -0.39 is 0 Å². The van der Waals surface area contributed by atoms with Gasteiger partial charge in [-0.25, -0.2) is 0 Å². The molecule has 5 nitrogen and oxygen atoms in total. The second-order valence-electron chi connectivity index (χ2n) is 6.23. The lowest BCUT2D eigenvalue weighted by Gasteiger charge is -2.24. The number of aryl methyl sites for hydroxylation is 1. The molecule has 3 unspecified atom stereocenters. The van der Waals surface area contributed by atoms with Crippen molar-refractivity contribution in [3.05, 3.63) is 53.9 Å². The lowest BCUT2D eigenvalue weighted by Crippen LogP contribution is -2.42. The van der Waals surface area contributed by atoms with Crippen molar-refractivity contribution in [3.63, 3.8) is 0 Å². The maximum absolute atomic E-state index is 12.7. The number of nitrogens with zero attached hydrogens (tertiary/aromatic N) is 2. The zero-order valence-corrected chi connectivity index (χ0v) is 13.7. The van der Waals surface area contributed by atoms with E-state index in [4.69, 9.17) is 0 Å². The number of hydrogen-bond acceptors (Lipinski definition) is 3. The topological polar surface area (TPSA) is 59.0 Å². The second-order valence-corrected chi connectivity index (χ2v) is 6.23. The minimum atomic E-state index is -0.360. The Labute approximate surface area is 137 Å². The van der Waals surface area contributed by atoms with Crippen LogP contribution in [0.25, 0.3) is 0 Å². The number of rotatable bonds is 5. The van der Waals surface area contributed by atoms with Crippen molar-refractivity contribution >= 4 is 5.91 Å². The third kappa shape index (κ3) is 3.45. The number of nitrogens with one attached hydrogen (secondary N) is 2. The molecule has 5 heteroatoms. The van der Waals surface area contributed by atoms with Crippen LogP contribution in [0.4, 0.5) is 0 Å². The van der Waals surface area contributed by atoms with Crippen LogP contribution in [0.2, 0.25) is 0 Å². The van der Waals surface area contributed by atoms with Gasteiger partial charge in [0.05, 0.1) is 6.20 Å². The first-order valence-corrected chi connectivity index (χ1v) is 8.20. The van der Waals surface area contributed by atoms with Crippen molar-refractivity contribution in [2.24, 2.45) is 7.05 Å². The molecule has 23 heavy (non-hydrogen) atoms. The summed E-state index contributed by atoms with van der Waals surface area (Å²) < 4.78 is 1.72. The number of amides is 1. The number of likely N-dealkylation sites (N-methyl/N-ethyl adjacent to an activating group) is 1. The second kappa shape index (κ2) is 6.96. The largest absolute Gasteiger partial charge is 0.351 e. The summed E-state index contributed by atoms with van der Waals surface area (Å²) in [6.45, 7) is 0. The monoisotopic (exact) mass is 312 g/mol. The van der Waals surface area contributed by atoms with Gasteiger partial charge in [0.15, 0.2) is 0 Å². The predicted octanol–water partition coefficient (Wildman–Crippen LogP) is 2.13. The van der Waals surface area contributed by atoms with Gasteiger partial charge in [-0.3, -0.25) is 9.48 Å². The standard InChI is InChI=1S/C18H24N4O/c1-19-17(14-11-20-22(2)12-14)18(23)21-16-10-6-9-15(16)13-7-4-3-5-8-13/h3-5,7-8,11-12,15-17,19H,6,9-10H2,1-2H3,(H,21,23). The van der Waals surface area contributed by atoms with Gasteiger partial charge in [0.2, 0.25) is 5.91 Å². The summed E-state index contributed by atoms with van der Waals surface area (Å²) in [5, 5.41) is 10.5. The molecule has 0 aliphatic heterocycles. The first-order chi connectivity index (χ1) is 11.2. The zero-order chi connectivity index (χ0) is 16.2. The molecule has 2 N–H and O–H groups in total. The molecule has 0 spiro atoms. The molecule has 0 bridgehead atoms. The van der Waals surface area contributed by atoms with E-state index in [9.17, 15) is 4.79 Å². The fraction of sp³-hybridized carbons (Fsp3) is 0.444. The van der Waals surface area contributed by atoms with Crippen LogP contribution in [0, 0.1) is 0 Å². The van der Waals surface area contributed by atoms with E-state index in [-0.39, 0.29) is 18.0 Å². The zero-order valence-electron chi connectivity index (χ0n) is 13.7. The van der Waals surface area contributed by atoms with Crippen molar-refractivity contribution in [2.75, 3.05) is 7.05 Å². The van der Waals surface area contributed by atoms with Crippen molar-refractivity contribution in [1.29, 1.82) is 0 Å². The molecule has 1 saturated carbocycles. The molecule has 1 amide bonds. The van der Waals surface area contributed by atoms with Gasteiger partial charge in [-0.05, 0) is 25.5 Å². The fourth-order valence-corrected chi connectivity index (χ4v) is 3.54. The first kappa shape index (κ1) is 15.7. The number of carbonyl (C=O) groups is 1. The summed E-state index contributed by atoms with van der Waals surface area (Å²) in [4.78, 5) is 12.7. The van der Waals surface area contributed by atoms with Gasteiger partial charge in [-0.1, -0.05) is 36.8 Å². The molecule has 122 valence electrons. The highest BCUT2D eigenvalue weighted by atomic mass is 16.2. The number of hydrogen-bond donors (Lipinski definition) is 2. The highest BCUT2D eigenvalue weighted by Crippen LogP contribution is 2.34. The van der Waals surface area contributed by atoms with Gasteiger partial charge in [0.1, 0.15) is 6.04 Å². The maximum Gasteiger partial charge on any atom is 0.242 e. The van der Waals surface area contributed by atoms with E-state index in [0.29, 0.717) is 5.92 Å². The van der Waals surface area contributed by atoms with Gasteiger partial charge in [-0.2, -0.15) is 5.10 Å². The first-order valence-electron chi connectivity index (χ1n) is 8.20. The van der Waals surface area contributed by atoms with Gasteiger partial charge in [-0.15, -0.1) is 0 Å². The smallest absolute Gasteiger partial charge is 0.242 e. The quantitative estimate of drug-likeness (QED) is 0.889. The minimum Gasteiger partial charge on any atom is -0.351 e. The van der Waals surface area contributed by atoms with E-state index in [2.05, 4.69) is 40.0 Å². The highest BCUT2D eigenvalue weighted by molar-refractivity contribution is 5.83. The summed E-state index contributed by atoms with van der Waals surface area (Å²) in [6.07, 6.45) is 6.94. The third-order valence-corrected chi connectivity index (χ3v) is 4.68. The Morgan fingerprint density at radius 1 is 1.30 bits per heavy atom. The van der Waals surface area contributed by atoms with E-state index in [0.717, 1.165) is 24.8 Å². The van der Waals surface area contributed by atoms with E-state index in [1.54, 1.807) is 17.9 Å². The molecule has 0 saturated heterocycles. The summed E-state index contributed by atoms with van der Waals surface area (Å²) in [5.41, 5.74) is 2.21. The normalized spacial score (nSPS) is 22.0. The fourth-order valence-electron chi connectivity index (χ4n) is 3.54. The molecule has 2 aromatic rings. The summed E-state index contributed by atoms with van der Waals surface area (Å²) >= 11 is 0. The summed E-state index contributed by atoms with van der Waals surface area (Å²) in [5.74, 6) is 0.430. The van der Waals surface area contributed by atoms with Crippen LogP contribution in [0.5, 0.6) is 0 Å². The van der Waals surface area contributed by atoms with Crippen LogP contribution < -0.4 is 10.6 Å². The Morgan fingerprint density at radius 3 is 2.74 bits per heavy atom. The molecule has 1 aliphatic rings. The molecule has 1 aliphatic carbocycles. The average molecular weight is 312 g/mol. The van der Waals surface area contributed by atoms with Crippen LogP contribution in [0.3, 0.4) is 0 Å². The SMILES string of the molecule is CNC(C(=O)NC1CCCC1c1ccccc1)c1cnn(C)c1. The number of benzene rings is 1. The average Bonchev–Trinajstić information content (AvgIpc) is 3.18. The molecule has 1 aromatic carbocycles. The van der Waals surface area contributed by atoms with Gasteiger partial charge >= 0.3 is 0 Å². The Kier molecular flexibility index (Phi) is 4.76. The van der Waals surface area contributed by atoms with Crippen LogP contribution in [-0.2, 0) is 11.8 Å². The van der Waals surface area contributed by atoms with Crippen LogP contribution in [0.1, 0.15) is 42.3 Å².